The maximum absolute atomic E-state index is 6.12. The summed E-state index contributed by atoms with van der Waals surface area (Å²) in [6.45, 7) is 4.22. The Balaban J connectivity index is 2.19. The summed E-state index contributed by atoms with van der Waals surface area (Å²) in [5, 5.41) is 8.45. The number of nitrogens with two attached hydrogens (primary N) is 1. The minimum absolute atomic E-state index is 0.361. The minimum atomic E-state index is 0.361. The summed E-state index contributed by atoms with van der Waals surface area (Å²) in [6.07, 6.45) is 7.68. The fraction of sp³-hybridized carbons (Fsp3) is 0.833. The molecule has 4 nitrogen and oxygen atoms in total. The summed E-state index contributed by atoms with van der Waals surface area (Å²) in [5.41, 5.74) is 7.07. The molecule has 1 aromatic heterocycles. The second kappa shape index (κ2) is 4.85. The predicted octanol–water partition coefficient (Wildman–Crippen LogP) is 2.88. The molecular formula is C12H22N4. The zero-order valence-electron chi connectivity index (χ0n) is 10.3. The molecule has 0 radical (unpaired) electrons. The van der Waals surface area contributed by atoms with E-state index in [9.17, 15) is 0 Å². The Morgan fingerprint density at radius 2 is 1.81 bits per heavy atom. The van der Waals surface area contributed by atoms with Gasteiger partial charge in [-0.1, -0.05) is 44.7 Å². The highest BCUT2D eigenvalue weighted by Crippen LogP contribution is 2.30. The van der Waals surface area contributed by atoms with Crippen LogP contribution in [0, 0.1) is 0 Å². The van der Waals surface area contributed by atoms with Crippen LogP contribution in [-0.2, 0) is 0 Å². The second-order valence-corrected chi connectivity index (χ2v) is 5.10. The van der Waals surface area contributed by atoms with Crippen molar-refractivity contribution < 1.29 is 0 Å². The molecule has 1 heterocycles. The third-order valence-electron chi connectivity index (χ3n) is 3.48. The highest BCUT2D eigenvalue weighted by Gasteiger charge is 2.20. The van der Waals surface area contributed by atoms with Crippen molar-refractivity contribution in [2.24, 2.45) is 0 Å². The zero-order valence-corrected chi connectivity index (χ0v) is 10.3. The molecule has 2 N–H and O–H groups in total. The zero-order chi connectivity index (χ0) is 11.5. The van der Waals surface area contributed by atoms with Gasteiger partial charge in [0.05, 0.1) is 6.04 Å². The molecule has 90 valence electrons. The lowest BCUT2D eigenvalue weighted by Crippen LogP contribution is -2.13. The first-order valence-corrected chi connectivity index (χ1v) is 6.40. The van der Waals surface area contributed by atoms with Crippen LogP contribution < -0.4 is 5.73 Å². The molecule has 1 saturated carbocycles. The SMILES string of the molecule is CC(C)c1nnn(C2CCCCCC2)c1N. The maximum Gasteiger partial charge on any atom is 0.146 e. The maximum atomic E-state index is 6.12. The average molecular weight is 222 g/mol. The smallest absolute Gasteiger partial charge is 0.146 e. The number of hydrogen-bond donors (Lipinski definition) is 1. The van der Waals surface area contributed by atoms with Crippen molar-refractivity contribution in [1.82, 2.24) is 15.0 Å². The number of rotatable bonds is 2. The van der Waals surface area contributed by atoms with E-state index in [0.29, 0.717) is 12.0 Å². The van der Waals surface area contributed by atoms with E-state index in [1.807, 2.05) is 4.68 Å². The van der Waals surface area contributed by atoms with Crippen molar-refractivity contribution in [1.29, 1.82) is 0 Å². The standard InChI is InChI=1S/C12H22N4/c1-9(2)11-12(13)16(15-14-11)10-7-5-3-4-6-8-10/h9-10H,3-8,13H2,1-2H3. The molecule has 0 aliphatic heterocycles. The average Bonchev–Trinajstić information content (AvgIpc) is 2.50. The normalized spacial score (nSPS) is 18.9. The molecule has 0 bridgehead atoms. The molecule has 0 unspecified atom stereocenters. The van der Waals surface area contributed by atoms with Gasteiger partial charge in [0.2, 0.25) is 0 Å². The van der Waals surface area contributed by atoms with Crippen LogP contribution in [0.3, 0.4) is 0 Å². The summed E-state index contributed by atoms with van der Waals surface area (Å²) < 4.78 is 1.96. The van der Waals surface area contributed by atoms with Crippen molar-refractivity contribution >= 4 is 5.82 Å². The van der Waals surface area contributed by atoms with Crippen LogP contribution >= 0.6 is 0 Å². The van der Waals surface area contributed by atoms with E-state index in [1.54, 1.807) is 0 Å². The monoisotopic (exact) mass is 222 g/mol. The number of nitrogen functional groups attached to an aromatic ring is 1. The molecule has 4 heteroatoms. The first kappa shape index (κ1) is 11.4. The van der Waals surface area contributed by atoms with E-state index in [-0.39, 0.29) is 0 Å². The van der Waals surface area contributed by atoms with Gasteiger partial charge < -0.3 is 5.73 Å². The van der Waals surface area contributed by atoms with Crippen LogP contribution in [0.5, 0.6) is 0 Å². The molecule has 1 aliphatic carbocycles. The number of hydrogen-bond acceptors (Lipinski definition) is 3. The lowest BCUT2D eigenvalue weighted by Gasteiger charge is -2.15. The van der Waals surface area contributed by atoms with Crippen LogP contribution in [0.15, 0.2) is 0 Å². The van der Waals surface area contributed by atoms with E-state index in [1.165, 1.54) is 38.5 Å². The largest absolute Gasteiger partial charge is 0.382 e. The van der Waals surface area contributed by atoms with Crippen molar-refractivity contribution in [3.8, 4) is 0 Å². The molecule has 0 atom stereocenters. The molecule has 0 saturated heterocycles. The number of nitrogens with zero attached hydrogens (tertiary/aromatic N) is 3. The quantitative estimate of drug-likeness (QED) is 0.783. The van der Waals surface area contributed by atoms with Gasteiger partial charge in [-0.2, -0.15) is 0 Å². The van der Waals surface area contributed by atoms with Gasteiger partial charge in [0, 0.05) is 5.92 Å². The van der Waals surface area contributed by atoms with Crippen LogP contribution in [0.25, 0.3) is 0 Å². The molecule has 0 spiro atoms. The van der Waals surface area contributed by atoms with Gasteiger partial charge in [0.15, 0.2) is 0 Å². The van der Waals surface area contributed by atoms with Crippen LogP contribution in [0.1, 0.15) is 70.0 Å². The van der Waals surface area contributed by atoms with Crippen molar-refractivity contribution in [2.45, 2.75) is 64.3 Å². The van der Waals surface area contributed by atoms with Gasteiger partial charge in [0.25, 0.3) is 0 Å². The third kappa shape index (κ3) is 2.20. The Hall–Kier alpha value is -1.06. The predicted molar refractivity (Wildman–Crippen MR) is 65.3 cm³/mol. The van der Waals surface area contributed by atoms with E-state index >= 15 is 0 Å². The summed E-state index contributed by atoms with van der Waals surface area (Å²) in [5.74, 6) is 1.14. The Kier molecular flexibility index (Phi) is 3.46. The van der Waals surface area contributed by atoms with Gasteiger partial charge in [-0.05, 0) is 12.8 Å². The molecule has 16 heavy (non-hydrogen) atoms. The van der Waals surface area contributed by atoms with Crippen molar-refractivity contribution in [2.75, 3.05) is 5.73 Å². The van der Waals surface area contributed by atoms with E-state index < -0.39 is 0 Å². The Morgan fingerprint density at radius 3 is 2.31 bits per heavy atom. The molecule has 2 rings (SSSR count). The molecule has 0 amide bonds. The van der Waals surface area contributed by atoms with Crippen LogP contribution in [-0.4, -0.2) is 15.0 Å². The highest BCUT2D eigenvalue weighted by molar-refractivity contribution is 5.36. The first-order valence-electron chi connectivity index (χ1n) is 6.40. The van der Waals surface area contributed by atoms with E-state index in [2.05, 4.69) is 24.2 Å². The highest BCUT2D eigenvalue weighted by atomic mass is 15.5. The van der Waals surface area contributed by atoms with Gasteiger partial charge in [0.1, 0.15) is 11.5 Å². The van der Waals surface area contributed by atoms with Crippen molar-refractivity contribution in [3.63, 3.8) is 0 Å². The molecule has 1 aromatic rings. The number of anilines is 1. The topological polar surface area (TPSA) is 56.7 Å². The third-order valence-corrected chi connectivity index (χ3v) is 3.48. The summed E-state index contributed by atoms with van der Waals surface area (Å²) in [7, 11) is 0. The Morgan fingerprint density at radius 1 is 1.19 bits per heavy atom. The first-order chi connectivity index (χ1) is 7.70. The molecule has 1 fully saturated rings. The molecular weight excluding hydrogens is 200 g/mol. The van der Waals surface area contributed by atoms with Gasteiger partial charge in [-0.15, -0.1) is 5.10 Å². The van der Waals surface area contributed by atoms with Gasteiger partial charge >= 0.3 is 0 Å². The van der Waals surface area contributed by atoms with Gasteiger partial charge in [-0.25, -0.2) is 4.68 Å². The van der Waals surface area contributed by atoms with Crippen molar-refractivity contribution in [3.05, 3.63) is 5.69 Å². The van der Waals surface area contributed by atoms with E-state index in [4.69, 9.17) is 5.73 Å². The van der Waals surface area contributed by atoms with Crippen LogP contribution in [0.2, 0.25) is 0 Å². The lowest BCUT2D eigenvalue weighted by molar-refractivity contribution is 0.401. The Bertz CT molecular complexity index is 335. The lowest BCUT2D eigenvalue weighted by atomic mass is 10.1. The fourth-order valence-corrected chi connectivity index (χ4v) is 2.50. The summed E-state index contributed by atoms with van der Waals surface area (Å²) >= 11 is 0. The minimum Gasteiger partial charge on any atom is -0.382 e. The molecule has 0 aromatic carbocycles. The number of aromatic nitrogens is 3. The molecule has 1 aliphatic rings. The fourth-order valence-electron chi connectivity index (χ4n) is 2.50. The van der Waals surface area contributed by atoms with E-state index in [0.717, 1.165) is 11.5 Å². The second-order valence-electron chi connectivity index (χ2n) is 5.10. The van der Waals surface area contributed by atoms with Crippen LogP contribution in [0.4, 0.5) is 5.82 Å². The van der Waals surface area contributed by atoms with Gasteiger partial charge in [-0.3, -0.25) is 0 Å². The summed E-state index contributed by atoms with van der Waals surface area (Å²) in [6, 6.07) is 0.475. The Labute approximate surface area is 97.2 Å². The summed E-state index contributed by atoms with van der Waals surface area (Å²) in [4.78, 5) is 0.